The van der Waals surface area contributed by atoms with Gasteiger partial charge >= 0.3 is 0 Å². The second kappa shape index (κ2) is 10.4. The Morgan fingerprint density at radius 2 is 0.971 bits per heavy atom. The summed E-state index contributed by atoms with van der Waals surface area (Å²) < 4.78 is 32.7. The van der Waals surface area contributed by atoms with Gasteiger partial charge in [0.1, 0.15) is 0 Å². The number of nitrogens with two attached hydrogens (primary N) is 2. The number of aromatic nitrogens is 2. The second-order valence-corrected chi connectivity index (χ2v) is 8.51. The van der Waals surface area contributed by atoms with Crippen molar-refractivity contribution in [1.29, 1.82) is 0 Å². The summed E-state index contributed by atoms with van der Waals surface area (Å²) in [5.74, 6) is 0. The minimum absolute atomic E-state index is 0.369. The van der Waals surface area contributed by atoms with E-state index in [0.29, 0.717) is 13.1 Å². The van der Waals surface area contributed by atoms with Gasteiger partial charge in [-0.05, 0) is 34.4 Å². The highest BCUT2D eigenvalue weighted by atomic mass is 35.7. The molecule has 2 heterocycles. The van der Waals surface area contributed by atoms with Gasteiger partial charge in [-0.3, -0.25) is 0 Å². The average molecular weight is 491 g/mol. The van der Waals surface area contributed by atoms with Gasteiger partial charge in [0.2, 0.25) is 0 Å². The third kappa shape index (κ3) is 5.79. The normalized spacial score (nSPS) is 11.4. The van der Waals surface area contributed by atoms with E-state index < -0.39 is 10.2 Å². The molecule has 0 bridgehead atoms. The fraction of sp³-hybridized carbons (Fsp3) is 0.0769. The van der Waals surface area contributed by atoms with Gasteiger partial charge in [0.15, 0.2) is 0 Å². The van der Waals surface area contributed by atoms with Crippen LogP contribution in [0, 0.1) is 10.2 Å². The lowest BCUT2D eigenvalue weighted by Crippen LogP contribution is -2.58. The zero-order valence-corrected chi connectivity index (χ0v) is 19.4. The van der Waals surface area contributed by atoms with Crippen LogP contribution in [-0.2, 0) is 13.1 Å². The number of benzene rings is 3. The molecule has 0 amide bonds. The molecule has 5 N–H and O–H groups in total. The highest BCUT2D eigenvalue weighted by molar-refractivity contribution is 6.12. The molecular weight excluding hydrogens is 468 g/mol. The van der Waals surface area contributed by atoms with Crippen molar-refractivity contribution in [3.05, 3.63) is 96.3 Å². The lowest BCUT2D eigenvalue weighted by molar-refractivity contribution is -1.92. The van der Waals surface area contributed by atoms with Crippen molar-refractivity contribution in [2.45, 2.75) is 13.1 Å². The van der Waals surface area contributed by atoms with Gasteiger partial charge in [-0.15, -0.1) is 0 Å². The van der Waals surface area contributed by atoms with Crippen LogP contribution in [0.15, 0.2) is 84.9 Å². The number of pyridine rings is 2. The van der Waals surface area contributed by atoms with Crippen LogP contribution in [0.3, 0.4) is 0 Å². The Hall–Kier alpha value is -3.47. The molecule has 0 fully saturated rings. The van der Waals surface area contributed by atoms with Crippen molar-refractivity contribution in [3.8, 4) is 22.3 Å². The molecule has 8 nitrogen and oxygen atoms in total. The molecule has 35 heavy (non-hydrogen) atoms. The Labute approximate surface area is 203 Å². The quantitative estimate of drug-likeness (QED) is 0.312. The smallest absolute Gasteiger partial charge is 0.0975 e. The first-order valence-corrected chi connectivity index (χ1v) is 12.0. The number of halogens is 1. The Morgan fingerprint density at radius 3 is 1.29 bits per heavy atom. The molecule has 0 aliphatic rings. The summed E-state index contributed by atoms with van der Waals surface area (Å²) in [4.78, 5) is 9.78. The summed E-state index contributed by atoms with van der Waals surface area (Å²) in [6, 6.07) is 29.1. The molecule has 178 valence electrons. The molecule has 9 heteroatoms. The lowest BCUT2D eigenvalue weighted by Gasteiger charge is -2.14. The first kappa shape index (κ1) is 24.6. The zero-order valence-electron chi connectivity index (χ0n) is 18.6. The van der Waals surface area contributed by atoms with Crippen LogP contribution in [0.4, 0.5) is 0 Å². The summed E-state index contributed by atoms with van der Waals surface area (Å²) in [7, 11) is -4.69. The van der Waals surface area contributed by atoms with Gasteiger partial charge in [-0.2, -0.15) is 14.0 Å². The second-order valence-electron chi connectivity index (χ2n) is 7.72. The van der Waals surface area contributed by atoms with Crippen LogP contribution in [0.5, 0.6) is 0 Å². The Balaban J connectivity index is 0.000000527. The predicted molar refractivity (Wildman–Crippen MR) is 126 cm³/mol. The maximum absolute atomic E-state index is 8.60. The molecule has 2 aromatic heterocycles. The van der Waals surface area contributed by atoms with Crippen molar-refractivity contribution in [3.63, 3.8) is 0 Å². The number of fused-ring (bicyclic) bond motifs is 3. The van der Waals surface area contributed by atoms with E-state index in [1.54, 1.807) is 0 Å². The lowest BCUT2D eigenvalue weighted by atomic mass is 9.95. The molecule has 0 aliphatic heterocycles. The van der Waals surface area contributed by atoms with E-state index in [4.69, 9.17) is 40.1 Å². The molecule has 0 saturated heterocycles. The zero-order chi connectivity index (χ0) is 25.0. The third-order valence-electron chi connectivity index (χ3n) is 5.45. The van der Waals surface area contributed by atoms with Gasteiger partial charge in [0.25, 0.3) is 0 Å². The first-order chi connectivity index (χ1) is 16.8. The van der Waals surface area contributed by atoms with E-state index in [1.807, 2.05) is 36.4 Å². The maximum atomic E-state index is 8.60. The number of rotatable bonds is 4. The summed E-state index contributed by atoms with van der Waals surface area (Å²) in [6.07, 6.45) is 0. The van der Waals surface area contributed by atoms with E-state index in [9.17, 15) is 0 Å². The molecule has 0 spiro atoms. The minimum atomic E-state index is -4.69. The number of hydrogen-bond acceptors (Lipinski definition) is 8. The van der Waals surface area contributed by atoms with Crippen LogP contribution in [0.1, 0.15) is 11.4 Å². The standard InChI is InChI=1S/C26H22N4.ClHO4/c27-15-19-13-23(17-7-3-1-4-8-17)21-11-12-22-24(18-9-5-2-6-10-18)14-20(16-28)30-26(22)25(21)29-19;2-1(3,4)5/h1-14H,15-16,27-28H2;(H,2,3,4,5). The molecule has 5 aromatic rings. The van der Waals surface area contributed by atoms with E-state index in [2.05, 4.69) is 48.5 Å². The highest BCUT2D eigenvalue weighted by Gasteiger charge is 2.15. The fourth-order valence-corrected chi connectivity index (χ4v) is 4.00. The summed E-state index contributed by atoms with van der Waals surface area (Å²) in [5.41, 5.74) is 19.9. The molecule has 0 radical (unpaired) electrons. The van der Waals surface area contributed by atoms with Crippen molar-refractivity contribution >= 4 is 21.8 Å². The molecule has 0 atom stereocenters. The van der Waals surface area contributed by atoms with Crippen molar-refractivity contribution in [2.75, 3.05) is 0 Å². The monoisotopic (exact) mass is 490 g/mol. The topological polar surface area (TPSA) is 167 Å². The minimum Gasteiger partial charge on any atom is -0.325 e. The highest BCUT2D eigenvalue weighted by Crippen LogP contribution is 2.36. The van der Waals surface area contributed by atoms with Crippen molar-refractivity contribution in [2.24, 2.45) is 11.5 Å². The van der Waals surface area contributed by atoms with Gasteiger partial charge < -0.3 is 11.5 Å². The Morgan fingerprint density at radius 1 is 0.629 bits per heavy atom. The largest absolute Gasteiger partial charge is 0.325 e. The fourth-order valence-electron chi connectivity index (χ4n) is 4.00. The van der Waals surface area contributed by atoms with E-state index in [0.717, 1.165) is 55.4 Å². The summed E-state index contributed by atoms with van der Waals surface area (Å²) in [6.45, 7) is 0.739. The van der Waals surface area contributed by atoms with Gasteiger partial charge in [0.05, 0.1) is 37.3 Å². The average Bonchev–Trinajstić information content (AvgIpc) is 2.87. The number of nitrogens with zero attached hydrogens (tertiary/aromatic N) is 2. The Kier molecular flexibility index (Phi) is 7.34. The maximum Gasteiger partial charge on any atom is 0.0975 e. The summed E-state index contributed by atoms with van der Waals surface area (Å²) in [5, 5.41) is 2.12. The van der Waals surface area contributed by atoms with Crippen LogP contribution >= 0.6 is 0 Å². The van der Waals surface area contributed by atoms with Crippen molar-refractivity contribution in [1.82, 2.24) is 9.97 Å². The molecule has 3 aromatic carbocycles. The molecular formula is C26H23ClN4O4. The van der Waals surface area contributed by atoms with Crippen LogP contribution < -0.4 is 25.4 Å². The van der Waals surface area contributed by atoms with Crippen LogP contribution in [0.25, 0.3) is 44.1 Å². The van der Waals surface area contributed by atoms with E-state index >= 15 is 0 Å². The molecule has 0 aliphatic carbocycles. The summed E-state index contributed by atoms with van der Waals surface area (Å²) >= 11 is 0. The van der Waals surface area contributed by atoms with E-state index in [1.165, 1.54) is 0 Å². The van der Waals surface area contributed by atoms with Gasteiger partial charge in [0, 0.05) is 23.9 Å². The van der Waals surface area contributed by atoms with E-state index in [-0.39, 0.29) is 0 Å². The third-order valence-corrected chi connectivity index (χ3v) is 5.45. The first-order valence-electron chi connectivity index (χ1n) is 10.7. The van der Waals surface area contributed by atoms with Gasteiger partial charge in [-0.1, -0.05) is 72.8 Å². The van der Waals surface area contributed by atoms with Crippen molar-refractivity contribution < 1.29 is 28.9 Å². The molecule has 0 unspecified atom stereocenters. The molecule has 0 saturated carbocycles. The van der Waals surface area contributed by atoms with Gasteiger partial charge in [-0.25, -0.2) is 9.97 Å². The van der Waals surface area contributed by atoms with Crippen LogP contribution in [0.2, 0.25) is 0 Å². The predicted octanol–water partition coefficient (Wildman–Crippen LogP) is 0.910. The molecule has 5 rings (SSSR count). The Bertz CT molecular complexity index is 1350. The van der Waals surface area contributed by atoms with Crippen LogP contribution in [-0.4, -0.2) is 14.6 Å². The SMILES string of the molecule is NCc1cc(-c2ccccc2)c2ccc3c(-c4ccccc4)cc(CN)nc3c2n1.[O-][Cl+3]([O-])([O-])O. The number of hydrogen-bond donors (Lipinski definition) is 3.